The summed E-state index contributed by atoms with van der Waals surface area (Å²) in [5.74, 6) is 2.03. The minimum absolute atomic E-state index is 0.133. The number of rotatable bonds is 4. The van der Waals surface area contributed by atoms with E-state index >= 15 is 0 Å². The molecule has 2 N–H and O–H groups in total. The van der Waals surface area contributed by atoms with Gasteiger partial charge in [-0.2, -0.15) is 0 Å². The van der Waals surface area contributed by atoms with Crippen molar-refractivity contribution in [1.82, 2.24) is 4.90 Å². The smallest absolute Gasteiger partial charge is 0.118 e. The molecule has 1 aliphatic carbocycles. The Morgan fingerprint density at radius 2 is 1.95 bits per heavy atom. The first kappa shape index (κ1) is 15.6. The Morgan fingerprint density at radius 1 is 1.20 bits per heavy atom. The fraction of sp³-hybridized carbons (Fsp3) is 0.765. The highest BCUT2D eigenvalue weighted by molar-refractivity contribution is 5.06. The van der Waals surface area contributed by atoms with Crippen LogP contribution < -0.4 is 5.73 Å². The van der Waals surface area contributed by atoms with E-state index in [0.717, 1.165) is 24.6 Å². The number of likely N-dealkylation sites (N-methyl/N-ethyl adjacent to an activating group) is 1. The molecule has 0 saturated heterocycles. The molecule has 0 radical (unpaired) electrons. The zero-order chi connectivity index (χ0) is 14.8. The van der Waals surface area contributed by atoms with E-state index < -0.39 is 0 Å². The molecule has 1 aliphatic rings. The molecule has 3 nitrogen and oxygen atoms in total. The van der Waals surface area contributed by atoms with Gasteiger partial charge in [0.05, 0.1) is 6.54 Å². The van der Waals surface area contributed by atoms with Gasteiger partial charge in [-0.05, 0) is 57.2 Å². The molecule has 114 valence electrons. The standard InChI is InChI=1S/C17H30N2O/c1-14-6-7-15(20-14)12-19(4)17(13-18)9-5-8-16(2,3)10-11-17/h6-7H,5,8-13,18H2,1-4H3. The summed E-state index contributed by atoms with van der Waals surface area (Å²) < 4.78 is 5.72. The Balaban J connectivity index is 2.09. The lowest BCUT2D eigenvalue weighted by Crippen LogP contribution is -2.51. The molecule has 1 aromatic heterocycles. The van der Waals surface area contributed by atoms with E-state index in [-0.39, 0.29) is 5.54 Å². The van der Waals surface area contributed by atoms with Crippen LogP contribution in [0.2, 0.25) is 0 Å². The van der Waals surface area contributed by atoms with Crippen molar-refractivity contribution < 1.29 is 4.42 Å². The van der Waals surface area contributed by atoms with E-state index in [9.17, 15) is 0 Å². The van der Waals surface area contributed by atoms with E-state index in [4.69, 9.17) is 10.2 Å². The molecule has 1 heterocycles. The molecule has 1 unspecified atom stereocenters. The minimum Gasteiger partial charge on any atom is -0.465 e. The lowest BCUT2D eigenvalue weighted by molar-refractivity contribution is 0.0886. The van der Waals surface area contributed by atoms with E-state index in [1.165, 1.54) is 32.1 Å². The molecule has 0 aliphatic heterocycles. The second-order valence-electron chi connectivity index (χ2n) is 7.31. The van der Waals surface area contributed by atoms with Crippen molar-refractivity contribution in [2.24, 2.45) is 11.1 Å². The zero-order valence-corrected chi connectivity index (χ0v) is 13.5. The Morgan fingerprint density at radius 3 is 2.55 bits per heavy atom. The van der Waals surface area contributed by atoms with Gasteiger partial charge in [0.2, 0.25) is 0 Å². The number of aryl methyl sites for hydroxylation is 1. The van der Waals surface area contributed by atoms with Gasteiger partial charge in [-0.1, -0.05) is 20.3 Å². The average molecular weight is 278 g/mol. The van der Waals surface area contributed by atoms with Crippen molar-refractivity contribution in [1.29, 1.82) is 0 Å². The Kier molecular flexibility index (Phi) is 4.60. The van der Waals surface area contributed by atoms with Crippen molar-refractivity contribution in [2.75, 3.05) is 13.6 Å². The summed E-state index contributed by atoms with van der Waals surface area (Å²) in [7, 11) is 2.20. The summed E-state index contributed by atoms with van der Waals surface area (Å²) in [6.07, 6.45) is 6.22. The summed E-state index contributed by atoms with van der Waals surface area (Å²) in [4.78, 5) is 2.42. The summed E-state index contributed by atoms with van der Waals surface area (Å²) in [5, 5.41) is 0. The fourth-order valence-corrected chi connectivity index (χ4v) is 3.43. The third kappa shape index (κ3) is 3.44. The molecule has 20 heavy (non-hydrogen) atoms. The molecule has 1 saturated carbocycles. The van der Waals surface area contributed by atoms with Gasteiger partial charge in [-0.3, -0.25) is 4.90 Å². The molecule has 1 atom stereocenters. The third-order valence-electron chi connectivity index (χ3n) is 5.14. The zero-order valence-electron chi connectivity index (χ0n) is 13.5. The van der Waals surface area contributed by atoms with Gasteiger partial charge >= 0.3 is 0 Å². The predicted octanol–water partition coefficient (Wildman–Crippen LogP) is 3.71. The van der Waals surface area contributed by atoms with Crippen LogP contribution >= 0.6 is 0 Å². The van der Waals surface area contributed by atoms with Crippen molar-refractivity contribution in [3.05, 3.63) is 23.7 Å². The highest BCUT2D eigenvalue weighted by atomic mass is 16.3. The number of hydrogen-bond donors (Lipinski definition) is 1. The molecule has 0 amide bonds. The maximum absolute atomic E-state index is 6.18. The molecule has 2 rings (SSSR count). The quantitative estimate of drug-likeness (QED) is 0.854. The first-order chi connectivity index (χ1) is 9.37. The molecule has 0 bridgehead atoms. The molecule has 3 heteroatoms. The highest BCUT2D eigenvalue weighted by Gasteiger charge is 2.37. The van der Waals surface area contributed by atoms with Gasteiger partial charge in [0.15, 0.2) is 0 Å². The fourth-order valence-electron chi connectivity index (χ4n) is 3.43. The third-order valence-corrected chi connectivity index (χ3v) is 5.14. The average Bonchev–Trinajstić information content (AvgIpc) is 2.70. The number of nitrogens with two attached hydrogens (primary N) is 1. The van der Waals surface area contributed by atoms with Crippen LogP contribution in [-0.4, -0.2) is 24.0 Å². The van der Waals surface area contributed by atoms with Gasteiger partial charge in [0.25, 0.3) is 0 Å². The van der Waals surface area contributed by atoms with E-state index in [1.54, 1.807) is 0 Å². The van der Waals surface area contributed by atoms with E-state index in [0.29, 0.717) is 5.41 Å². The largest absolute Gasteiger partial charge is 0.465 e. The van der Waals surface area contributed by atoms with Crippen LogP contribution in [0, 0.1) is 12.3 Å². The SMILES string of the molecule is Cc1ccc(CN(C)C2(CN)CCCC(C)(C)CC2)o1. The van der Waals surface area contributed by atoms with Crippen LogP contribution in [0.5, 0.6) is 0 Å². The van der Waals surface area contributed by atoms with Crippen LogP contribution in [0.3, 0.4) is 0 Å². The summed E-state index contributed by atoms with van der Waals surface area (Å²) in [6.45, 7) is 8.35. The minimum atomic E-state index is 0.133. The van der Waals surface area contributed by atoms with Gasteiger partial charge in [-0.25, -0.2) is 0 Å². The topological polar surface area (TPSA) is 42.4 Å². The lowest BCUT2D eigenvalue weighted by Gasteiger charge is -2.41. The Hall–Kier alpha value is -0.800. The predicted molar refractivity (Wildman–Crippen MR) is 83.6 cm³/mol. The molecule has 0 aromatic carbocycles. The van der Waals surface area contributed by atoms with Crippen molar-refractivity contribution in [2.45, 2.75) is 65.0 Å². The van der Waals surface area contributed by atoms with Gasteiger partial charge < -0.3 is 10.2 Å². The van der Waals surface area contributed by atoms with Crippen LogP contribution in [0.4, 0.5) is 0 Å². The molecular weight excluding hydrogens is 248 g/mol. The highest BCUT2D eigenvalue weighted by Crippen LogP contribution is 2.40. The summed E-state index contributed by atoms with van der Waals surface area (Å²) in [5.41, 5.74) is 6.77. The monoisotopic (exact) mass is 278 g/mol. The summed E-state index contributed by atoms with van der Waals surface area (Å²) in [6, 6.07) is 4.12. The molecule has 1 aromatic rings. The second kappa shape index (κ2) is 5.90. The Bertz CT molecular complexity index is 438. The molecule has 0 spiro atoms. The van der Waals surface area contributed by atoms with Crippen molar-refractivity contribution in [3.63, 3.8) is 0 Å². The number of hydrogen-bond acceptors (Lipinski definition) is 3. The van der Waals surface area contributed by atoms with Crippen molar-refractivity contribution in [3.8, 4) is 0 Å². The maximum Gasteiger partial charge on any atom is 0.118 e. The number of nitrogens with zero attached hydrogens (tertiary/aromatic N) is 1. The van der Waals surface area contributed by atoms with Crippen molar-refractivity contribution >= 4 is 0 Å². The molecule has 1 fully saturated rings. The first-order valence-corrected chi connectivity index (χ1v) is 7.84. The van der Waals surface area contributed by atoms with Crippen LogP contribution in [0.1, 0.15) is 57.5 Å². The van der Waals surface area contributed by atoms with Gasteiger partial charge in [0, 0.05) is 12.1 Å². The first-order valence-electron chi connectivity index (χ1n) is 7.84. The number of furan rings is 1. The van der Waals surface area contributed by atoms with Crippen LogP contribution in [0.25, 0.3) is 0 Å². The van der Waals surface area contributed by atoms with Crippen LogP contribution in [0.15, 0.2) is 16.5 Å². The Labute approximate surface area is 123 Å². The van der Waals surface area contributed by atoms with Crippen LogP contribution in [-0.2, 0) is 6.54 Å². The normalized spacial score (nSPS) is 26.7. The van der Waals surface area contributed by atoms with E-state index in [2.05, 4.69) is 31.9 Å². The van der Waals surface area contributed by atoms with E-state index in [1.807, 2.05) is 13.0 Å². The molecular formula is C17H30N2O. The lowest BCUT2D eigenvalue weighted by atomic mass is 9.83. The second-order valence-corrected chi connectivity index (χ2v) is 7.31. The summed E-state index contributed by atoms with van der Waals surface area (Å²) >= 11 is 0. The maximum atomic E-state index is 6.18. The van der Waals surface area contributed by atoms with Gasteiger partial charge in [-0.15, -0.1) is 0 Å². The van der Waals surface area contributed by atoms with Gasteiger partial charge in [0.1, 0.15) is 11.5 Å².